The van der Waals surface area contributed by atoms with E-state index in [2.05, 4.69) is 38.0 Å². The first-order chi connectivity index (χ1) is 13.2. The number of hydrogen-bond acceptors (Lipinski definition) is 7. The first-order valence-electron chi connectivity index (χ1n) is 10.2. The summed E-state index contributed by atoms with van der Waals surface area (Å²) in [5.74, 6) is 0.371. The summed E-state index contributed by atoms with van der Waals surface area (Å²) in [6.45, 7) is 7.64. The predicted molar refractivity (Wildman–Crippen MR) is 107 cm³/mol. The van der Waals surface area contributed by atoms with Crippen LogP contribution in [0.15, 0.2) is 16.5 Å². The number of nitrogen functional groups attached to an aromatic ring is 1. The maximum Gasteiger partial charge on any atom is 0.313 e. The molecule has 1 atom stereocenters. The van der Waals surface area contributed by atoms with E-state index >= 15 is 0 Å². The Morgan fingerprint density at radius 2 is 1.96 bits per heavy atom. The summed E-state index contributed by atoms with van der Waals surface area (Å²) in [5, 5.41) is 7.65. The van der Waals surface area contributed by atoms with Gasteiger partial charge in [-0.2, -0.15) is 0 Å². The molecule has 1 aliphatic heterocycles. The van der Waals surface area contributed by atoms with Crippen LogP contribution in [-0.4, -0.2) is 51.8 Å². The standard InChI is InChI=1S/C20H30N6O/c1-3-15-13-25(11-12-26(15)16-7-5-4-6-8-16)18-10-9-17(22-14(18)2)19-23-24-20(21)27-19/h9-10,15-16H,3-8,11-13H2,1-2H3,(H2,21,24)/t15-/m0/s1. The van der Waals surface area contributed by atoms with Gasteiger partial charge in [-0.25, -0.2) is 4.98 Å². The van der Waals surface area contributed by atoms with Crippen LogP contribution in [0.2, 0.25) is 0 Å². The molecular formula is C20H30N6O. The maximum absolute atomic E-state index is 5.52. The van der Waals surface area contributed by atoms with Crippen LogP contribution in [-0.2, 0) is 0 Å². The van der Waals surface area contributed by atoms with Crippen molar-refractivity contribution >= 4 is 11.7 Å². The molecular weight excluding hydrogens is 340 g/mol. The van der Waals surface area contributed by atoms with E-state index in [1.165, 1.54) is 44.2 Å². The van der Waals surface area contributed by atoms with Crippen LogP contribution in [0, 0.1) is 6.92 Å². The molecule has 0 radical (unpaired) electrons. The highest BCUT2D eigenvalue weighted by molar-refractivity contribution is 5.58. The van der Waals surface area contributed by atoms with E-state index in [0.29, 0.717) is 17.6 Å². The molecule has 1 saturated carbocycles. The minimum Gasteiger partial charge on any atom is -0.402 e. The van der Waals surface area contributed by atoms with E-state index in [-0.39, 0.29) is 6.01 Å². The van der Waals surface area contributed by atoms with E-state index in [4.69, 9.17) is 10.2 Å². The smallest absolute Gasteiger partial charge is 0.313 e. The fraction of sp³-hybridized carbons (Fsp3) is 0.650. The summed E-state index contributed by atoms with van der Waals surface area (Å²) in [7, 11) is 0. The normalized spacial score (nSPS) is 22.3. The Labute approximate surface area is 161 Å². The molecule has 4 rings (SSSR count). The van der Waals surface area contributed by atoms with E-state index in [9.17, 15) is 0 Å². The summed E-state index contributed by atoms with van der Waals surface area (Å²) < 4.78 is 5.30. The van der Waals surface area contributed by atoms with Gasteiger partial charge in [0.05, 0.1) is 11.4 Å². The fourth-order valence-electron chi connectivity index (χ4n) is 4.69. The molecule has 146 valence electrons. The molecule has 7 heteroatoms. The lowest BCUT2D eigenvalue weighted by atomic mass is 9.92. The SMILES string of the molecule is CC[C@H]1CN(c2ccc(-c3nnc(N)o3)nc2C)CCN1C1CCCCC1. The Morgan fingerprint density at radius 3 is 2.63 bits per heavy atom. The van der Waals surface area contributed by atoms with Crippen molar-refractivity contribution in [1.29, 1.82) is 0 Å². The summed E-state index contributed by atoms with van der Waals surface area (Å²) in [6, 6.07) is 5.55. The Hall–Kier alpha value is -2.15. The molecule has 2 aliphatic rings. The number of aryl methyl sites for hydroxylation is 1. The molecule has 27 heavy (non-hydrogen) atoms. The van der Waals surface area contributed by atoms with Crippen molar-refractivity contribution in [2.45, 2.75) is 64.5 Å². The highest BCUT2D eigenvalue weighted by atomic mass is 16.4. The van der Waals surface area contributed by atoms with Crippen LogP contribution in [0.5, 0.6) is 0 Å². The Kier molecular flexibility index (Phi) is 5.29. The summed E-state index contributed by atoms with van der Waals surface area (Å²) >= 11 is 0. The zero-order valence-corrected chi connectivity index (χ0v) is 16.4. The number of hydrogen-bond donors (Lipinski definition) is 1. The van der Waals surface area contributed by atoms with Gasteiger partial charge >= 0.3 is 6.01 Å². The summed E-state index contributed by atoms with van der Waals surface area (Å²) in [5.41, 5.74) is 8.39. The number of pyridine rings is 1. The number of nitrogens with zero attached hydrogens (tertiary/aromatic N) is 5. The first kappa shape index (κ1) is 18.2. The molecule has 2 fully saturated rings. The highest BCUT2D eigenvalue weighted by Crippen LogP contribution is 2.30. The van der Waals surface area contributed by atoms with Gasteiger partial charge in [0.1, 0.15) is 5.69 Å². The second kappa shape index (κ2) is 7.84. The van der Waals surface area contributed by atoms with Crippen molar-refractivity contribution in [2.24, 2.45) is 0 Å². The minimum absolute atomic E-state index is 0.0677. The van der Waals surface area contributed by atoms with Crippen LogP contribution >= 0.6 is 0 Å². The van der Waals surface area contributed by atoms with Crippen LogP contribution in [0.25, 0.3) is 11.6 Å². The predicted octanol–water partition coefficient (Wildman–Crippen LogP) is 3.26. The van der Waals surface area contributed by atoms with Crippen molar-refractivity contribution in [1.82, 2.24) is 20.1 Å². The van der Waals surface area contributed by atoms with Crippen molar-refractivity contribution in [2.75, 3.05) is 30.3 Å². The van der Waals surface area contributed by atoms with Gasteiger partial charge < -0.3 is 15.1 Å². The van der Waals surface area contributed by atoms with E-state index in [1.807, 2.05) is 13.0 Å². The second-order valence-corrected chi connectivity index (χ2v) is 7.78. The number of piperazine rings is 1. The Balaban J connectivity index is 1.49. The lowest BCUT2D eigenvalue weighted by molar-refractivity contribution is 0.0896. The molecule has 0 unspecified atom stereocenters. The molecule has 0 bridgehead atoms. The lowest BCUT2D eigenvalue weighted by Gasteiger charge is -2.47. The van der Waals surface area contributed by atoms with Gasteiger partial charge in [0.2, 0.25) is 0 Å². The molecule has 7 nitrogen and oxygen atoms in total. The Bertz CT molecular complexity index is 770. The number of anilines is 2. The lowest BCUT2D eigenvalue weighted by Crippen LogP contribution is -2.57. The zero-order chi connectivity index (χ0) is 18.8. The summed E-state index contributed by atoms with van der Waals surface area (Å²) in [4.78, 5) is 9.96. The third-order valence-electron chi connectivity index (χ3n) is 6.10. The third kappa shape index (κ3) is 3.78. The summed E-state index contributed by atoms with van der Waals surface area (Å²) in [6.07, 6.45) is 8.14. The average Bonchev–Trinajstić information content (AvgIpc) is 3.14. The number of nitrogens with two attached hydrogens (primary N) is 1. The van der Waals surface area contributed by atoms with Crippen LogP contribution in [0.3, 0.4) is 0 Å². The molecule has 1 saturated heterocycles. The molecule has 0 amide bonds. The average molecular weight is 371 g/mol. The molecule has 2 N–H and O–H groups in total. The monoisotopic (exact) mass is 370 g/mol. The van der Waals surface area contributed by atoms with Gasteiger partial charge in [-0.15, -0.1) is 5.10 Å². The van der Waals surface area contributed by atoms with Crippen LogP contribution < -0.4 is 10.6 Å². The zero-order valence-electron chi connectivity index (χ0n) is 16.4. The van der Waals surface area contributed by atoms with Crippen molar-refractivity contribution in [3.8, 4) is 11.6 Å². The van der Waals surface area contributed by atoms with Gasteiger partial charge in [0, 0.05) is 31.7 Å². The molecule has 0 aromatic carbocycles. The minimum atomic E-state index is 0.0677. The van der Waals surface area contributed by atoms with Gasteiger partial charge in [-0.1, -0.05) is 31.3 Å². The van der Waals surface area contributed by atoms with Crippen molar-refractivity contribution in [3.05, 3.63) is 17.8 Å². The highest BCUT2D eigenvalue weighted by Gasteiger charge is 2.32. The molecule has 3 heterocycles. The van der Waals surface area contributed by atoms with Gasteiger partial charge in [0.15, 0.2) is 0 Å². The third-order valence-corrected chi connectivity index (χ3v) is 6.10. The van der Waals surface area contributed by atoms with Crippen LogP contribution in [0.1, 0.15) is 51.1 Å². The van der Waals surface area contributed by atoms with Crippen molar-refractivity contribution < 1.29 is 4.42 Å². The first-order valence-corrected chi connectivity index (χ1v) is 10.2. The number of aromatic nitrogens is 3. The van der Waals surface area contributed by atoms with E-state index in [0.717, 1.165) is 31.4 Å². The number of rotatable bonds is 4. The quantitative estimate of drug-likeness (QED) is 0.884. The van der Waals surface area contributed by atoms with Gasteiger partial charge in [-0.05, 0) is 38.3 Å². The molecule has 1 aliphatic carbocycles. The fourth-order valence-corrected chi connectivity index (χ4v) is 4.69. The van der Waals surface area contributed by atoms with Gasteiger partial charge in [0.25, 0.3) is 5.89 Å². The molecule has 0 spiro atoms. The molecule has 2 aromatic rings. The van der Waals surface area contributed by atoms with Crippen LogP contribution in [0.4, 0.5) is 11.7 Å². The van der Waals surface area contributed by atoms with E-state index in [1.54, 1.807) is 0 Å². The Morgan fingerprint density at radius 1 is 1.15 bits per heavy atom. The van der Waals surface area contributed by atoms with E-state index < -0.39 is 0 Å². The second-order valence-electron chi connectivity index (χ2n) is 7.78. The molecule has 2 aromatic heterocycles. The largest absolute Gasteiger partial charge is 0.402 e. The topological polar surface area (TPSA) is 84.3 Å². The van der Waals surface area contributed by atoms with Gasteiger partial charge in [-0.3, -0.25) is 4.90 Å². The maximum atomic E-state index is 5.52. The van der Waals surface area contributed by atoms with Crippen molar-refractivity contribution in [3.63, 3.8) is 0 Å².